The average Bonchev–Trinajstić information content (AvgIpc) is 3.36. The van der Waals surface area contributed by atoms with Crippen molar-refractivity contribution < 1.29 is 4.79 Å². The number of pyridine rings is 1. The maximum absolute atomic E-state index is 12.6. The van der Waals surface area contributed by atoms with Crippen LogP contribution in [-0.2, 0) is 11.2 Å². The van der Waals surface area contributed by atoms with Crippen molar-refractivity contribution in [2.75, 3.05) is 50.0 Å². The molecule has 0 bridgehead atoms. The molecule has 1 saturated carbocycles. The Kier molecular flexibility index (Phi) is 6.35. The van der Waals surface area contributed by atoms with Crippen molar-refractivity contribution in [1.82, 2.24) is 19.9 Å². The molecule has 0 unspecified atom stereocenters. The van der Waals surface area contributed by atoms with E-state index in [4.69, 9.17) is 9.98 Å². The van der Waals surface area contributed by atoms with Crippen LogP contribution in [0, 0.1) is 12.8 Å². The lowest BCUT2D eigenvalue weighted by Gasteiger charge is -2.33. The van der Waals surface area contributed by atoms with Gasteiger partial charge in [-0.1, -0.05) is 24.6 Å². The van der Waals surface area contributed by atoms with Crippen LogP contribution in [0.4, 0.5) is 11.4 Å². The minimum atomic E-state index is 0.137. The van der Waals surface area contributed by atoms with Gasteiger partial charge in [0, 0.05) is 49.9 Å². The largest absolute Gasteiger partial charge is 0.366 e. The van der Waals surface area contributed by atoms with E-state index in [1.165, 1.54) is 5.56 Å². The minimum Gasteiger partial charge on any atom is -0.366 e. The molecule has 8 nitrogen and oxygen atoms in total. The Bertz CT molecular complexity index is 1630. The SMILES string of the molecule is Cc1cc(NC(=O)C2CCC2)cc(-c2ccc3c(c2)C(c2nc4c(N5CCN(C)CC5)cncc4[nH]2)=NCC3)c1. The van der Waals surface area contributed by atoms with Gasteiger partial charge in [0.15, 0.2) is 5.82 Å². The van der Waals surface area contributed by atoms with Gasteiger partial charge in [0.25, 0.3) is 0 Å². The summed E-state index contributed by atoms with van der Waals surface area (Å²) < 4.78 is 0. The number of likely N-dealkylation sites (N-methyl/N-ethyl adjacent to an activating group) is 1. The Balaban J connectivity index is 1.22. The first-order valence-corrected chi connectivity index (χ1v) is 14.4. The van der Waals surface area contributed by atoms with Gasteiger partial charge >= 0.3 is 0 Å². The summed E-state index contributed by atoms with van der Waals surface area (Å²) in [5.74, 6) is 1.08. The lowest BCUT2D eigenvalue weighted by molar-refractivity contribution is -0.122. The third-order valence-electron chi connectivity index (χ3n) is 8.61. The Labute approximate surface area is 234 Å². The summed E-state index contributed by atoms with van der Waals surface area (Å²) >= 11 is 0. The molecule has 4 heterocycles. The molecule has 3 aliphatic rings. The second-order valence-corrected chi connectivity index (χ2v) is 11.5. The molecule has 2 fully saturated rings. The zero-order valence-corrected chi connectivity index (χ0v) is 23.2. The number of nitrogens with one attached hydrogen (secondary N) is 2. The number of H-pyrrole nitrogens is 1. The van der Waals surface area contributed by atoms with Crippen LogP contribution in [0.25, 0.3) is 22.2 Å². The van der Waals surface area contributed by atoms with E-state index in [0.29, 0.717) is 0 Å². The number of aryl methyl sites for hydroxylation is 1. The number of aromatic nitrogens is 3. The van der Waals surface area contributed by atoms with E-state index in [1.807, 2.05) is 18.5 Å². The number of fused-ring (bicyclic) bond motifs is 2. The molecular formula is C32H35N7O. The molecular weight excluding hydrogens is 498 g/mol. The van der Waals surface area contributed by atoms with Crippen LogP contribution in [0.1, 0.15) is 41.8 Å². The van der Waals surface area contributed by atoms with E-state index in [-0.39, 0.29) is 11.8 Å². The first-order chi connectivity index (χ1) is 19.5. The van der Waals surface area contributed by atoms with Crippen LogP contribution in [0.2, 0.25) is 0 Å². The zero-order chi connectivity index (χ0) is 27.2. The van der Waals surface area contributed by atoms with Crippen molar-refractivity contribution in [2.24, 2.45) is 10.9 Å². The molecule has 1 aliphatic carbocycles. The van der Waals surface area contributed by atoms with Gasteiger partial charge in [-0.25, -0.2) is 4.98 Å². The van der Waals surface area contributed by atoms with E-state index in [0.717, 1.165) is 115 Å². The van der Waals surface area contributed by atoms with E-state index < -0.39 is 0 Å². The van der Waals surface area contributed by atoms with Crippen LogP contribution in [0.3, 0.4) is 0 Å². The highest BCUT2D eigenvalue weighted by Gasteiger charge is 2.26. The Morgan fingerprint density at radius 3 is 2.67 bits per heavy atom. The number of nitrogens with zero attached hydrogens (tertiary/aromatic N) is 5. The number of aromatic amines is 1. The topological polar surface area (TPSA) is 89.5 Å². The van der Waals surface area contributed by atoms with Gasteiger partial charge in [-0.05, 0) is 73.7 Å². The fourth-order valence-corrected chi connectivity index (χ4v) is 6.02. The van der Waals surface area contributed by atoms with Gasteiger partial charge in [-0.15, -0.1) is 0 Å². The molecule has 40 heavy (non-hydrogen) atoms. The molecule has 0 atom stereocenters. The molecule has 0 spiro atoms. The normalized spacial score (nSPS) is 17.9. The molecule has 8 heteroatoms. The van der Waals surface area contributed by atoms with Crippen molar-refractivity contribution in [3.63, 3.8) is 0 Å². The number of carbonyl (C=O) groups is 1. The number of benzene rings is 2. The summed E-state index contributed by atoms with van der Waals surface area (Å²) in [7, 11) is 2.17. The van der Waals surface area contributed by atoms with Gasteiger partial charge in [-0.2, -0.15) is 0 Å². The summed E-state index contributed by atoms with van der Waals surface area (Å²) in [5.41, 5.74) is 10.4. The summed E-state index contributed by atoms with van der Waals surface area (Å²) in [6.07, 6.45) is 7.84. The number of hydrogen-bond donors (Lipinski definition) is 2. The second-order valence-electron chi connectivity index (χ2n) is 11.5. The predicted octanol–water partition coefficient (Wildman–Crippen LogP) is 4.82. The Morgan fingerprint density at radius 2 is 1.88 bits per heavy atom. The van der Waals surface area contributed by atoms with E-state index in [2.05, 4.69) is 69.4 Å². The molecule has 1 saturated heterocycles. The smallest absolute Gasteiger partial charge is 0.227 e. The van der Waals surface area contributed by atoms with Crippen molar-refractivity contribution in [1.29, 1.82) is 0 Å². The minimum absolute atomic E-state index is 0.137. The summed E-state index contributed by atoms with van der Waals surface area (Å²) in [5, 5.41) is 3.15. The molecule has 7 rings (SSSR count). The average molecular weight is 534 g/mol. The van der Waals surface area contributed by atoms with Gasteiger partial charge < -0.3 is 20.1 Å². The fraction of sp³-hybridized carbons (Fsp3) is 0.375. The van der Waals surface area contributed by atoms with Gasteiger partial charge in [0.05, 0.1) is 23.6 Å². The van der Waals surface area contributed by atoms with Crippen LogP contribution in [0.15, 0.2) is 53.8 Å². The third kappa shape index (κ3) is 4.66. The van der Waals surface area contributed by atoms with Gasteiger partial charge in [-0.3, -0.25) is 14.8 Å². The number of amides is 1. The van der Waals surface area contributed by atoms with Crippen molar-refractivity contribution >= 4 is 34.0 Å². The van der Waals surface area contributed by atoms with Gasteiger partial charge in [0.2, 0.25) is 5.91 Å². The maximum atomic E-state index is 12.6. The van der Waals surface area contributed by atoms with Crippen molar-refractivity contribution in [3.8, 4) is 11.1 Å². The lowest BCUT2D eigenvalue weighted by atomic mass is 9.85. The van der Waals surface area contributed by atoms with Crippen molar-refractivity contribution in [3.05, 3.63) is 71.3 Å². The molecule has 204 valence electrons. The monoisotopic (exact) mass is 533 g/mol. The predicted molar refractivity (Wildman–Crippen MR) is 160 cm³/mol. The summed E-state index contributed by atoms with van der Waals surface area (Å²) in [4.78, 5) is 35.4. The number of rotatable bonds is 5. The number of carbonyl (C=O) groups excluding carboxylic acids is 1. The molecule has 2 aromatic heterocycles. The van der Waals surface area contributed by atoms with Crippen LogP contribution in [0.5, 0.6) is 0 Å². The van der Waals surface area contributed by atoms with E-state index in [1.54, 1.807) is 0 Å². The van der Waals surface area contributed by atoms with E-state index in [9.17, 15) is 4.79 Å². The van der Waals surface area contributed by atoms with Crippen LogP contribution >= 0.6 is 0 Å². The third-order valence-corrected chi connectivity index (χ3v) is 8.61. The number of piperazine rings is 1. The maximum Gasteiger partial charge on any atom is 0.227 e. The van der Waals surface area contributed by atoms with Crippen LogP contribution < -0.4 is 10.2 Å². The molecule has 4 aromatic rings. The number of hydrogen-bond acceptors (Lipinski definition) is 6. The number of aliphatic imine (C=N–C) groups is 1. The molecule has 2 N–H and O–H groups in total. The molecule has 0 radical (unpaired) electrons. The quantitative estimate of drug-likeness (QED) is 0.384. The summed E-state index contributed by atoms with van der Waals surface area (Å²) in [6, 6.07) is 12.9. The van der Waals surface area contributed by atoms with Crippen LogP contribution in [-0.4, -0.2) is 71.2 Å². The second kappa shape index (κ2) is 10.2. The Morgan fingerprint density at radius 1 is 1.02 bits per heavy atom. The summed E-state index contributed by atoms with van der Waals surface area (Å²) in [6.45, 7) is 6.81. The first-order valence-electron chi connectivity index (χ1n) is 14.4. The highest BCUT2D eigenvalue weighted by Crippen LogP contribution is 2.32. The van der Waals surface area contributed by atoms with Gasteiger partial charge in [0.1, 0.15) is 11.2 Å². The number of anilines is 2. The lowest BCUT2D eigenvalue weighted by Crippen LogP contribution is -2.44. The fourth-order valence-electron chi connectivity index (χ4n) is 6.02. The van der Waals surface area contributed by atoms with Crippen molar-refractivity contribution in [2.45, 2.75) is 32.6 Å². The molecule has 1 amide bonds. The molecule has 2 aromatic carbocycles. The first kappa shape index (κ1) is 25.0. The molecule has 2 aliphatic heterocycles. The number of imidazole rings is 1. The zero-order valence-electron chi connectivity index (χ0n) is 23.2. The highest BCUT2D eigenvalue weighted by atomic mass is 16.1. The highest BCUT2D eigenvalue weighted by molar-refractivity contribution is 6.14. The standard InChI is InChI=1S/C32H35N7O/c1-20-14-24(16-25(15-20)35-32(40)22-4-3-5-22)23-7-6-21-8-9-34-29(26(21)17-23)31-36-27-18-33-19-28(30(27)37-31)39-12-10-38(2)11-13-39/h6-7,14-19,22H,3-5,8-13H2,1-2H3,(H,35,40)(H,36,37). The van der Waals surface area contributed by atoms with E-state index >= 15 is 0 Å². The Hall–Kier alpha value is -4.04.